The third kappa shape index (κ3) is 3.12. The molecule has 4 atom stereocenters. The number of benzene rings is 1. The Morgan fingerprint density at radius 1 is 1.21 bits per heavy atom. The third-order valence-corrected chi connectivity index (χ3v) is 5.79. The number of amides is 2. The number of rotatable bonds is 3. The van der Waals surface area contributed by atoms with Crippen molar-refractivity contribution >= 4 is 17.1 Å². The average molecular weight is 326 g/mol. The van der Waals surface area contributed by atoms with Gasteiger partial charge in [0.2, 0.25) is 0 Å². The van der Waals surface area contributed by atoms with Crippen LogP contribution in [0.15, 0.2) is 24.3 Å². The first-order valence-corrected chi connectivity index (χ1v) is 9.20. The Bertz CT molecular complexity index is 692. The van der Waals surface area contributed by atoms with Gasteiger partial charge in [0.1, 0.15) is 5.82 Å². The number of hydrogen-bond donors (Lipinski definition) is 3. The lowest BCUT2D eigenvalue weighted by atomic mass is 9.79. The van der Waals surface area contributed by atoms with Crippen LogP contribution in [0.1, 0.15) is 57.3 Å². The van der Waals surface area contributed by atoms with Crippen molar-refractivity contribution in [2.75, 3.05) is 0 Å². The minimum atomic E-state index is -0.139. The van der Waals surface area contributed by atoms with Crippen molar-refractivity contribution in [3.63, 3.8) is 0 Å². The predicted octanol–water partition coefficient (Wildman–Crippen LogP) is 3.89. The number of fused-ring (bicyclic) bond motifs is 2. The number of carbonyl (C=O) groups excluding carboxylic acids is 1. The van der Waals surface area contributed by atoms with Gasteiger partial charge in [0.15, 0.2) is 0 Å². The molecule has 2 aliphatic carbocycles. The normalized spacial score (nSPS) is 27.6. The fourth-order valence-corrected chi connectivity index (χ4v) is 4.50. The zero-order chi connectivity index (χ0) is 16.5. The molecule has 1 aromatic carbocycles. The first-order chi connectivity index (χ1) is 11.7. The molecular weight excluding hydrogens is 300 g/mol. The van der Waals surface area contributed by atoms with Crippen molar-refractivity contribution < 1.29 is 4.79 Å². The molecule has 0 radical (unpaired) electrons. The molecule has 128 valence electrons. The van der Waals surface area contributed by atoms with Crippen molar-refractivity contribution in [3.05, 3.63) is 30.1 Å². The summed E-state index contributed by atoms with van der Waals surface area (Å²) in [5.74, 6) is 2.54. The van der Waals surface area contributed by atoms with E-state index in [1.807, 2.05) is 31.2 Å². The van der Waals surface area contributed by atoms with E-state index in [2.05, 4.69) is 20.6 Å². The van der Waals surface area contributed by atoms with E-state index in [4.69, 9.17) is 0 Å². The van der Waals surface area contributed by atoms with Crippen LogP contribution in [0.4, 0.5) is 4.79 Å². The van der Waals surface area contributed by atoms with Gasteiger partial charge < -0.3 is 15.6 Å². The second-order valence-electron chi connectivity index (χ2n) is 7.44. The second kappa shape index (κ2) is 6.46. The van der Waals surface area contributed by atoms with Crippen molar-refractivity contribution in [2.24, 2.45) is 11.8 Å². The van der Waals surface area contributed by atoms with Crippen LogP contribution in [-0.2, 0) is 0 Å². The van der Waals surface area contributed by atoms with Crippen LogP contribution < -0.4 is 10.6 Å². The number of urea groups is 1. The molecule has 2 aromatic rings. The minimum absolute atomic E-state index is 0.0793. The van der Waals surface area contributed by atoms with Crippen molar-refractivity contribution in [3.8, 4) is 0 Å². The van der Waals surface area contributed by atoms with Crippen molar-refractivity contribution in [2.45, 2.75) is 57.5 Å². The maximum atomic E-state index is 12.3. The smallest absolute Gasteiger partial charge is 0.315 e. The number of nitrogens with zero attached hydrogens (tertiary/aromatic N) is 1. The number of carbonyl (C=O) groups is 1. The highest BCUT2D eigenvalue weighted by molar-refractivity contribution is 5.76. The Hall–Kier alpha value is -2.04. The van der Waals surface area contributed by atoms with Crippen LogP contribution in [0, 0.1) is 11.8 Å². The molecule has 5 heteroatoms. The maximum Gasteiger partial charge on any atom is 0.315 e. The summed E-state index contributed by atoms with van der Waals surface area (Å²) >= 11 is 0. The second-order valence-corrected chi connectivity index (χ2v) is 7.44. The molecular formula is C19H26N4O. The van der Waals surface area contributed by atoms with E-state index in [0.717, 1.165) is 41.5 Å². The van der Waals surface area contributed by atoms with Gasteiger partial charge in [0, 0.05) is 6.04 Å². The zero-order valence-electron chi connectivity index (χ0n) is 14.2. The third-order valence-electron chi connectivity index (χ3n) is 5.79. The van der Waals surface area contributed by atoms with Gasteiger partial charge in [-0.05, 0) is 50.2 Å². The first-order valence-electron chi connectivity index (χ1n) is 9.20. The quantitative estimate of drug-likeness (QED) is 0.801. The molecule has 2 amide bonds. The highest BCUT2D eigenvalue weighted by Gasteiger charge is 2.34. The minimum Gasteiger partial charge on any atom is -0.340 e. The van der Waals surface area contributed by atoms with Gasteiger partial charge in [-0.15, -0.1) is 0 Å². The Kier molecular flexibility index (Phi) is 4.17. The Balaban J connectivity index is 1.33. The predicted molar refractivity (Wildman–Crippen MR) is 94.6 cm³/mol. The molecule has 2 fully saturated rings. The standard InChI is InChI=1S/C19H26N4O/c1-12(18-22-16-7-2-3-8-17(16)23-18)20-19(24)21-15-10-9-13-5-4-6-14(13)11-15/h2-3,7-8,12-15H,4-6,9-11H2,1H3,(H,22,23)(H2,20,21,24)/t12-,13?,14?,15?/m0/s1. The van der Waals surface area contributed by atoms with Crippen LogP contribution in [0.25, 0.3) is 11.0 Å². The molecule has 24 heavy (non-hydrogen) atoms. The zero-order valence-corrected chi connectivity index (χ0v) is 14.2. The van der Waals surface area contributed by atoms with Crippen LogP contribution >= 0.6 is 0 Å². The lowest BCUT2D eigenvalue weighted by molar-refractivity contribution is 0.206. The van der Waals surface area contributed by atoms with E-state index >= 15 is 0 Å². The highest BCUT2D eigenvalue weighted by Crippen LogP contribution is 2.42. The molecule has 2 saturated carbocycles. The summed E-state index contributed by atoms with van der Waals surface area (Å²) in [5.41, 5.74) is 1.93. The first kappa shape index (κ1) is 15.5. The monoisotopic (exact) mass is 326 g/mol. The Labute approximate surface area is 142 Å². The number of aromatic amines is 1. The van der Waals surface area contributed by atoms with E-state index in [0.29, 0.717) is 6.04 Å². The van der Waals surface area contributed by atoms with Gasteiger partial charge in [-0.2, -0.15) is 0 Å². The molecule has 3 unspecified atom stereocenters. The van der Waals surface area contributed by atoms with Gasteiger partial charge >= 0.3 is 6.03 Å². The molecule has 0 saturated heterocycles. The summed E-state index contributed by atoms with van der Waals surface area (Å²) in [6, 6.07) is 8.03. The Morgan fingerprint density at radius 2 is 2.04 bits per heavy atom. The fourth-order valence-electron chi connectivity index (χ4n) is 4.50. The van der Waals surface area contributed by atoms with Gasteiger partial charge in [0.25, 0.3) is 0 Å². The topological polar surface area (TPSA) is 69.8 Å². The van der Waals surface area contributed by atoms with E-state index in [-0.39, 0.29) is 12.1 Å². The molecule has 1 aromatic heterocycles. The fraction of sp³-hybridized carbons (Fsp3) is 0.579. The van der Waals surface area contributed by atoms with Crippen LogP contribution in [-0.4, -0.2) is 22.0 Å². The van der Waals surface area contributed by atoms with E-state index < -0.39 is 0 Å². The largest absolute Gasteiger partial charge is 0.340 e. The van der Waals surface area contributed by atoms with Gasteiger partial charge in [-0.3, -0.25) is 0 Å². The summed E-state index contributed by atoms with van der Waals surface area (Å²) in [6.45, 7) is 1.96. The molecule has 2 aliphatic rings. The maximum absolute atomic E-state index is 12.3. The highest BCUT2D eigenvalue weighted by atomic mass is 16.2. The number of H-pyrrole nitrogens is 1. The van der Waals surface area contributed by atoms with Gasteiger partial charge in [0.05, 0.1) is 17.1 Å². The molecule has 3 N–H and O–H groups in total. The van der Waals surface area contributed by atoms with E-state index in [1.165, 1.54) is 25.7 Å². The summed E-state index contributed by atoms with van der Waals surface area (Å²) in [4.78, 5) is 20.2. The average Bonchev–Trinajstić information content (AvgIpc) is 3.20. The number of hydrogen-bond acceptors (Lipinski definition) is 2. The molecule has 0 spiro atoms. The molecule has 4 rings (SSSR count). The Morgan fingerprint density at radius 3 is 2.92 bits per heavy atom. The number of para-hydroxylation sites is 2. The van der Waals surface area contributed by atoms with Crippen LogP contribution in [0.2, 0.25) is 0 Å². The van der Waals surface area contributed by atoms with Crippen LogP contribution in [0.3, 0.4) is 0 Å². The SMILES string of the molecule is C[C@H](NC(=O)NC1CCC2CCCC2C1)c1nc2ccccc2[nH]1. The number of imidazole rings is 1. The van der Waals surface area contributed by atoms with Crippen LogP contribution in [0.5, 0.6) is 0 Å². The van der Waals surface area contributed by atoms with E-state index in [1.54, 1.807) is 0 Å². The summed E-state index contributed by atoms with van der Waals surface area (Å²) < 4.78 is 0. The summed E-state index contributed by atoms with van der Waals surface area (Å²) in [7, 11) is 0. The molecule has 5 nitrogen and oxygen atoms in total. The van der Waals surface area contributed by atoms with Crippen molar-refractivity contribution in [1.29, 1.82) is 0 Å². The lowest BCUT2D eigenvalue weighted by Crippen LogP contribution is -2.45. The van der Waals surface area contributed by atoms with Crippen molar-refractivity contribution in [1.82, 2.24) is 20.6 Å². The lowest BCUT2D eigenvalue weighted by Gasteiger charge is -2.32. The summed E-state index contributed by atoms with van der Waals surface area (Å²) in [6.07, 6.45) is 7.66. The number of aromatic nitrogens is 2. The summed E-state index contributed by atoms with van der Waals surface area (Å²) in [5, 5.41) is 6.19. The van der Waals surface area contributed by atoms with E-state index in [9.17, 15) is 4.79 Å². The van der Waals surface area contributed by atoms with Gasteiger partial charge in [-0.1, -0.05) is 31.4 Å². The molecule has 0 bridgehead atoms. The van der Waals surface area contributed by atoms with Gasteiger partial charge in [-0.25, -0.2) is 9.78 Å². The number of nitrogens with one attached hydrogen (secondary N) is 3. The molecule has 0 aliphatic heterocycles. The molecule has 1 heterocycles.